The van der Waals surface area contributed by atoms with E-state index in [-0.39, 0.29) is 17.4 Å². The van der Waals surface area contributed by atoms with Crippen molar-refractivity contribution in [3.8, 4) is 6.07 Å². The summed E-state index contributed by atoms with van der Waals surface area (Å²) in [6.07, 6.45) is 1.64. The maximum Gasteiger partial charge on any atom is 0.242 e. The van der Waals surface area contributed by atoms with E-state index in [1.807, 2.05) is 6.92 Å². The SMILES string of the molecule is CC(CNS(=O)(=O)c1cccc(F)c1C#N)c1nccs1. The van der Waals surface area contributed by atoms with Gasteiger partial charge in [0, 0.05) is 24.0 Å². The summed E-state index contributed by atoms with van der Waals surface area (Å²) in [6, 6.07) is 5.10. The Morgan fingerprint density at radius 3 is 2.90 bits per heavy atom. The first-order chi connectivity index (χ1) is 9.95. The van der Waals surface area contributed by atoms with E-state index in [0.717, 1.165) is 11.1 Å². The molecule has 0 fully saturated rings. The highest BCUT2D eigenvalue weighted by Gasteiger charge is 2.22. The molecule has 0 spiro atoms. The summed E-state index contributed by atoms with van der Waals surface area (Å²) in [5.74, 6) is -0.966. The van der Waals surface area contributed by atoms with Crippen LogP contribution in [0.25, 0.3) is 0 Å². The maximum absolute atomic E-state index is 13.5. The molecule has 0 saturated carbocycles. The minimum absolute atomic E-state index is 0.112. The van der Waals surface area contributed by atoms with E-state index in [2.05, 4.69) is 9.71 Å². The lowest BCUT2D eigenvalue weighted by molar-refractivity contribution is 0.570. The molecule has 1 heterocycles. The molecule has 1 aromatic heterocycles. The average Bonchev–Trinajstić information content (AvgIpc) is 2.99. The lowest BCUT2D eigenvalue weighted by atomic mass is 10.2. The number of sulfonamides is 1. The fourth-order valence-corrected chi connectivity index (χ4v) is 3.71. The first-order valence-corrected chi connectivity index (χ1v) is 8.39. The molecule has 21 heavy (non-hydrogen) atoms. The Bertz CT molecular complexity index is 767. The van der Waals surface area contributed by atoms with Gasteiger partial charge >= 0.3 is 0 Å². The summed E-state index contributed by atoms with van der Waals surface area (Å²) in [5, 5.41) is 11.5. The molecule has 0 aliphatic rings. The quantitative estimate of drug-likeness (QED) is 0.914. The normalized spacial score (nSPS) is 12.8. The molecule has 0 aliphatic carbocycles. The van der Waals surface area contributed by atoms with Gasteiger partial charge in [-0.3, -0.25) is 0 Å². The van der Waals surface area contributed by atoms with E-state index < -0.39 is 21.4 Å². The van der Waals surface area contributed by atoms with Crippen LogP contribution < -0.4 is 4.72 Å². The van der Waals surface area contributed by atoms with Gasteiger partial charge in [-0.05, 0) is 12.1 Å². The van der Waals surface area contributed by atoms with Gasteiger partial charge < -0.3 is 0 Å². The molecular weight excluding hydrogens is 313 g/mol. The van der Waals surface area contributed by atoms with Crippen LogP contribution in [0.5, 0.6) is 0 Å². The first kappa shape index (κ1) is 15.6. The predicted octanol–water partition coefficient (Wildman–Crippen LogP) is 2.24. The summed E-state index contributed by atoms with van der Waals surface area (Å²) in [5.41, 5.74) is -0.480. The molecule has 8 heteroatoms. The number of nitrogens with one attached hydrogen (secondary N) is 1. The number of aromatic nitrogens is 1. The fourth-order valence-electron chi connectivity index (χ4n) is 1.71. The number of hydrogen-bond donors (Lipinski definition) is 1. The number of nitriles is 1. The van der Waals surface area contributed by atoms with Crippen LogP contribution in [-0.2, 0) is 10.0 Å². The summed E-state index contributed by atoms with van der Waals surface area (Å²) in [4.78, 5) is 3.76. The van der Waals surface area contributed by atoms with Crippen LogP contribution in [0.4, 0.5) is 4.39 Å². The second-order valence-electron chi connectivity index (χ2n) is 4.35. The third-order valence-corrected chi connectivity index (χ3v) is 5.30. The Kier molecular flexibility index (Phi) is 4.67. The Hall–Kier alpha value is -1.82. The molecule has 1 atom stereocenters. The second-order valence-corrected chi connectivity index (χ2v) is 7.01. The molecule has 110 valence electrons. The number of benzene rings is 1. The van der Waals surface area contributed by atoms with E-state index >= 15 is 0 Å². The Labute approximate surface area is 126 Å². The highest BCUT2D eigenvalue weighted by atomic mass is 32.2. The zero-order chi connectivity index (χ0) is 15.5. The third-order valence-electron chi connectivity index (χ3n) is 2.83. The van der Waals surface area contributed by atoms with Crippen molar-refractivity contribution in [1.82, 2.24) is 9.71 Å². The van der Waals surface area contributed by atoms with Crippen LogP contribution in [0, 0.1) is 17.1 Å². The lowest BCUT2D eigenvalue weighted by Gasteiger charge is -2.11. The van der Waals surface area contributed by atoms with Gasteiger partial charge in [-0.1, -0.05) is 13.0 Å². The first-order valence-electron chi connectivity index (χ1n) is 6.03. The van der Waals surface area contributed by atoms with Gasteiger partial charge in [0.1, 0.15) is 22.3 Å². The smallest absolute Gasteiger partial charge is 0.242 e. The highest BCUT2D eigenvalue weighted by molar-refractivity contribution is 7.89. The third kappa shape index (κ3) is 3.44. The Balaban J connectivity index is 2.20. The van der Waals surface area contributed by atoms with E-state index in [1.54, 1.807) is 17.6 Å². The van der Waals surface area contributed by atoms with Crippen molar-refractivity contribution in [3.05, 3.63) is 46.2 Å². The van der Waals surface area contributed by atoms with Crippen LogP contribution in [0.2, 0.25) is 0 Å². The highest BCUT2D eigenvalue weighted by Crippen LogP contribution is 2.20. The molecule has 0 amide bonds. The van der Waals surface area contributed by atoms with E-state index in [0.29, 0.717) is 0 Å². The van der Waals surface area contributed by atoms with Gasteiger partial charge in [-0.15, -0.1) is 11.3 Å². The average molecular weight is 325 g/mol. The van der Waals surface area contributed by atoms with Crippen molar-refractivity contribution in [1.29, 1.82) is 5.26 Å². The van der Waals surface area contributed by atoms with E-state index in [9.17, 15) is 12.8 Å². The monoisotopic (exact) mass is 325 g/mol. The Morgan fingerprint density at radius 1 is 1.52 bits per heavy atom. The molecule has 1 unspecified atom stereocenters. The number of thiazole rings is 1. The second kappa shape index (κ2) is 6.30. The van der Waals surface area contributed by atoms with Crippen molar-refractivity contribution >= 4 is 21.4 Å². The molecule has 2 rings (SSSR count). The Morgan fingerprint density at radius 2 is 2.29 bits per heavy atom. The molecule has 0 radical (unpaired) electrons. The number of halogens is 1. The van der Waals surface area contributed by atoms with Crippen molar-refractivity contribution in [3.63, 3.8) is 0 Å². The zero-order valence-electron chi connectivity index (χ0n) is 11.1. The fraction of sp³-hybridized carbons (Fsp3) is 0.231. The summed E-state index contributed by atoms with van der Waals surface area (Å²) < 4.78 is 40.3. The van der Waals surface area contributed by atoms with Gasteiger partial charge in [-0.25, -0.2) is 22.5 Å². The molecule has 1 aromatic carbocycles. The molecule has 5 nitrogen and oxygen atoms in total. The van der Waals surface area contributed by atoms with Crippen LogP contribution in [0.3, 0.4) is 0 Å². The largest absolute Gasteiger partial charge is 0.249 e. The molecule has 0 bridgehead atoms. The van der Waals surface area contributed by atoms with Crippen molar-refractivity contribution in [2.75, 3.05) is 6.54 Å². The van der Waals surface area contributed by atoms with Crippen LogP contribution in [-0.4, -0.2) is 19.9 Å². The van der Waals surface area contributed by atoms with E-state index in [1.165, 1.54) is 23.5 Å². The summed E-state index contributed by atoms with van der Waals surface area (Å²) in [7, 11) is -3.95. The summed E-state index contributed by atoms with van der Waals surface area (Å²) >= 11 is 1.43. The zero-order valence-corrected chi connectivity index (χ0v) is 12.7. The number of rotatable bonds is 5. The number of hydrogen-bond acceptors (Lipinski definition) is 5. The standard InChI is InChI=1S/C13H12FN3O2S2/c1-9(13-16-5-6-20-13)8-17-21(18,19)12-4-2-3-11(14)10(12)7-15/h2-6,9,17H,8H2,1H3. The molecule has 2 aromatic rings. The van der Waals surface area contributed by atoms with Gasteiger partial charge in [-0.2, -0.15) is 5.26 Å². The molecule has 0 aliphatic heterocycles. The van der Waals surface area contributed by atoms with Gasteiger partial charge in [0.25, 0.3) is 0 Å². The molecule has 1 N–H and O–H groups in total. The van der Waals surface area contributed by atoms with E-state index in [4.69, 9.17) is 5.26 Å². The van der Waals surface area contributed by atoms with Crippen molar-refractivity contribution in [2.45, 2.75) is 17.7 Å². The van der Waals surface area contributed by atoms with Crippen LogP contribution in [0.15, 0.2) is 34.7 Å². The lowest BCUT2D eigenvalue weighted by Crippen LogP contribution is -2.28. The maximum atomic E-state index is 13.5. The van der Waals surface area contributed by atoms with Crippen LogP contribution >= 0.6 is 11.3 Å². The minimum atomic E-state index is -3.95. The number of nitrogens with zero attached hydrogens (tertiary/aromatic N) is 2. The molecular formula is C13H12FN3O2S2. The van der Waals surface area contributed by atoms with Crippen LogP contribution in [0.1, 0.15) is 23.4 Å². The van der Waals surface area contributed by atoms with Gasteiger partial charge in [0.15, 0.2) is 0 Å². The predicted molar refractivity (Wildman–Crippen MR) is 76.8 cm³/mol. The minimum Gasteiger partial charge on any atom is -0.249 e. The van der Waals surface area contributed by atoms with Gasteiger partial charge in [0.2, 0.25) is 10.0 Å². The topological polar surface area (TPSA) is 82.9 Å². The van der Waals surface area contributed by atoms with Crippen molar-refractivity contribution < 1.29 is 12.8 Å². The summed E-state index contributed by atoms with van der Waals surface area (Å²) in [6.45, 7) is 1.95. The van der Waals surface area contributed by atoms with Crippen molar-refractivity contribution in [2.24, 2.45) is 0 Å². The van der Waals surface area contributed by atoms with Gasteiger partial charge in [0.05, 0.1) is 5.01 Å². The molecule has 0 saturated heterocycles.